The zero-order chi connectivity index (χ0) is 22.6. The summed E-state index contributed by atoms with van der Waals surface area (Å²) in [5.74, 6) is 0. The second kappa shape index (κ2) is 9.12. The molecule has 1 aromatic heterocycles. The molecule has 1 atom stereocenters. The van der Waals surface area contributed by atoms with Gasteiger partial charge in [0.1, 0.15) is 6.10 Å². The molecule has 0 aliphatic rings. The predicted molar refractivity (Wildman–Crippen MR) is 130 cm³/mol. The van der Waals surface area contributed by atoms with Crippen LogP contribution in [0, 0.1) is 11.3 Å². The molecule has 1 unspecified atom stereocenters. The number of aryl methyl sites for hydroxylation is 1. The highest BCUT2D eigenvalue weighted by atomic mass is 16.5. The summed E-state index contributed by atoms with van der Waals surface area (Å²) in [5.41, 5.74) is 6.07. The van der Waals surface area contributed by atoms with Crippen molar-refractivity contribution in [1.82, 2.24) is 9.55 Å². The van der Waals surface area contributed by atoms with Crippen LogP contribution in [0.2, 0.25) is 0 Å². The Morgan fingerprint density at radius 2 is 1.73 bits per heavy atom. The Kier molecular flexibility index (Phi) is 5.72. The standard InChI is InChI=1S/C29H23N3O/c1-32-20-31-18-28(32)29(33-19-22-14-12-21(17-30)13-15-22)25-9-4-8-24(16-25)27-11-5-7-23-6-2-3-10-26(23)27/h2-16,18,20,29H,19H2,1H3. The van der Waals surface area contributed by atoms with Crippen LogP contribution in [0.4, 0.5) is 0 Å². The van der Waals surface area contributed by atoms with Gasteiger partial charge in [0, 0.05) is 7.05 Å². The number of hydrogen-bond donors (Lipinski definition) is 0. The van der Waals surface area contributed by atoms with Crippen molar-refractivity contribution < 1.29 is 4.74 Å². The first kappa shape index (κ1) is 20.7. The van der Waals surface area contributed by atoms with E-state index in [9.17, 15) is 0 Å². The minimum absolute atomic E-state index is 0.275. The fourth-order valence-corrected chi connectivity index (χ4v) is 4.17. The van der Waals surface area contributed by atoms with Crippen LogP contribution >= 0.6 is 0 Å². The third-order valence-corrected chi connectivity index (χ3v) is 5.91. The molecule has 0 saturated heterocycles. The summed E-state index contributed by atoms with van der Waals surface area (Å²) in [6, 6.07) is 33.1. The Morgan fingerprint density at radius 1 is 0.939 bits per heavy atom. The van der Waals surface area contributed by atoms with E-state index >= 15 is 0 Å². The van der Waals surface area contributed by atoms with E-state index < -0.39 is 0 Å². The molecule has 5 rings (SSSR count). The predicted octanol–water partition coefficient (Wildman–Crippen LogP) is 6.42. The van der Waals surface area contributed by atoms with E-state index in [0.717, 1.165) is 22.4 Å². The summed E-state index contributed by atoms with van der Waals surface area (Å²) in [7, 11) is 1.98. The second-order valence-electron chi connectivity index (χ2n) is 8.08. The van der Waals surface area contributed by atoms with Gasteiger partial charge in [0.15, 0.2) is 0 Å². The van der Waals surface area contributed by atoms with Crippen LogP contribution in [-0.2, 0) is 18.4 Å². The van der Waals surface area contributed by atoms with Crippen LogP contribution < -0.4 is 0 Å². The molecule has 5 aromatic rings. The summed E-state index contributed by atoms with van der Waals surface area (Å²) < 4.78 is 8.44. The summed E-state index contributed by atoms with van der Waals surface area (Å²) in [6.45, 7) is 0.431. The van der Waals surface area contributed by atoms with Crippen molar-refractivity contribution in [3.8, 4) is 17.2 Å². The van der Waals surface area contributed by atoms with Crippen LogP contribution in [0.1, 0.15) is 28.5 Å². The fourth-order valence-electron chi connectivity index (χ4n) is 4.17. The fraction of sp³-hybridized carbons (Fsp3) is 0.103. The van der Waals surface area contributed by atoms with Crippen LogP contribution in [0.5, 0.6) is 0 Å². The van der Waals surface area contributed by atoms with Gasteiger partial charge < -0.3 is 9.30 Å². The molecule has 0 aliphatic heterocycles. The number of nitrogens with zero attached hydrogens (tertiary/aromatic N) is 3. The summed E-state index contributed by atoms with van der Waals surface area (Å²) in [5, 5.41) is 11.5. The quantitative estimate of drug-likeness (QED) is 0.313. The van der Waals surface area contributed by atoms with E-state index in [1.54, 1.807) is 6.33 Å². The maximum absolute atomic E-state index is 9.05. The maximum Gasteiger partial charge on any atom is 0.124 e. The van der Waals surface area contributed by atoms with Gasteiger partial charge in [-0.3, -0.25) is 0 Å². The molecule has 4 aromatic carbocycles. The molecule has 0 fully saturated rings. The average Bonchev–Trinajstić information content (AvgIpc) is 3.30. The van der Waals surface area contributed by atoms with E-state index in [-0.39, 0.29) is 6.10 Å². The Balaban J connectivity index is 1.51. The average molecular weight is 430 g/mol. The lowest BCUT2D eigenvalue weighted by Gasteiger charge is -2.20. The molecule has 0 bridgehead atoms. The molecule has 1 heterocycles. The molecule has 0 saturated carbocycles. The van der Waals surface area contributed by atoms with Gasteiger partial charge in [-0.2, -0.15) is 5.26 Å². The minimum Gasteiger partial charge on any atom is -0.363 e. The number of nitriles is 1. The Morgan fingerprint density at radius 3 is 2.52 bits per heavy atom. The number of rotatable bonds is 6. The molecule has 160 valence electrons. The first-order valence-electron chi connectivity index (χ1n) is 10.9. The summed E-state index contributed by atoms with van der Waals surface area (Å²) >= 11 is 0. The van der Waals surface area contributed by atoms with Crippen LogP contribution in [0.25, 0.3) is 21.9 Å². The third-order valence-electron chi connectivity index (χ3n) is 5.91. The molecule has 4 heteroatoms. The number of imidazole rings is 1. The molecule has 0 spiro atoms. The van der Waals surface area contributed by atoms with Crippen molar-refractivity contribution in [3.63, 3.8) is 0 Å². The molecule has 33 heavy (non-hydrogen) atoms. The highest BCUT2D eigenvalue weighted by Crippen LogP contribution is 2.33. The van der Waals surface area contributed by atoms with Crippen molar-refractivity contribution in [1.29, 1.82) is 5.26 Å². The van der Waals surface area contributed by atoms with Gasteiger partial charge >= 0.3 is 0 Å². The van der Waals surface area contributed by atoms with Crippen LogP contribution in [0.3, 0.4) is 0 Å². The van der Waals surface area contributed by atoms with Gasteiger partial charge in [-0.25, -0.2) is 4.98 Å². The lowest BCUT2D eigenvalue weighted by atomic mass is 9.95. The van der Waals surface area contributed by atoms with Crippen molar-refractivity contribution in [2.24, 2.45) is 7.05 Å². The van der Waals surface area contributed by atoms with Gasteiger partial charge in [0.25, 0.3) is 0 Å². The second-order valence-corrected chi connectivity index (χ2v) is 8.08. The van der Waals surface area contributed by atoms with Gasteiger partial charge in [-0.15, -0.1) is 0 Å². The topological polar surface area (TPSA) is 50.8 Å². The number of hydrogen-bond acceptors (Lipinski definition) is 3. The Hall–Kier alpha value is -4.20. The number of benzene rings is 4. The van der Waals surface area contributed by atoms with Gasteiger partial charge in [0.05, 0.1) is 36.5 Å². The maximum atomic E-state index is 9.05. The van der Waals surface area contributed by atoms with E-state index in [1.807, 2.05) is 42.1 Å². The smallest absolute Gasteiger partial charge is 0.124 e. The first-order chi connectivity index (χ1) is 16.2. The van der Waals surface area contributed by atoms with Gasteiger partial charge in [0.2, 0.25) is 0 Å². The molecule has 4 nitrogen and oxygen atoms in total. The van der Waals surface area contributed by atoms with Gasteiger partial charge in [-0.05, 0) is 51.2 Å². The zero-order valence-electron chi connectivity index (χ0n) is 18.3. The lowest BCUT2D eigenvalue weighted by molar-refractivity contribution is 0.0622. The normalized spacial score (nSPS) is 11.9. The van der Waals surface area contributed by atoms with E-state index in [2.05, 4.69) is 77.8 Å². The largest absolute Gasteiger partial charge is 0.363 e. The number of ether oxygens (including phenoxy) is 1. The molecular weight excluding hydrogens is 406 g/mol. The third kappa shape index (κ3) is 4.27. The highest BCUT2D eigenvalue weighted by molar-refractivity contribution is 5.96. The number of fused-ring (bicyclic) bond motifs is 1. The molecular formula is C29H23N3O. The Labute approximate surface area is 193 Å². The zero-order valence-corrected chi connectivity index (χ0v) is 18.3. The van der Waals surface area contributed by atoms with Gasteiger partial charge in [-0.1, -0.05) is 72.8 Å². The van der Waals surface area contributed by atoms with E-state index in [0.29, 0.717) is 12.2 Å². The molecule has 0 aliphatic carbocycles. The van der Waals surface area contributed by atoms with Crippen molar-refractivity contribution in [2.75, 3.05) is 0 Å². The monoisotopic (exact) mass is 429 g/mol. The molecule has 0 amide bonds. The lowest BCUT2D eigenvalue weighted by Crippen LogP contribution is -2.10. The summed E-state index contributed by atoms with van der Waals surface area (Å²) in [4.78, 5) is 4.31. The van der Waals surface area contributed by atoms with Crippen molar-refractivity contribution >= 4 is 10.8 Å². The van der Waals surface area contributed by atoms with Crippen LogP contribution in [0.15, 0.2) is 104 Å². The van der Waals surface area contributed by atoms with E-state index in [1.165, 1.54) is 16.3 Å². The highest BCUT2D eigenvalue weighted by Gasteiger charge is 2.19. The molecule has 0 radical (unpaired) electrons. The minimum atomic E-state index is -0.275. The SMILES string of the molecule is Cn1cncc1C(OCc1ccc(C#N)cc1)c1cccc(-c2cccc3ccccc23)c1. The molecule has 0 N–H and O–H groups in total. The van der Waals surface area contributed by atoms with Crippen molar-refractivity contribution in [3.05, 3.63) is 126 Å². The number of aromatic nitrogens is 2. The van der Waals surface area contributed by atoms with Crippen molar-refractivity contribution in [2.45, 2.75) is 12.7 Å². The van der Waals surface area contributed by atoms with Crippen LogP contribution in [-0.4, -0.2) is 9.55 Å². The summed E-state index contributed by atoms with van der Waals surface area (Å²) in [6.07, 6.45) is 3.37. The first-order valence-corrected chi connectivity index (χ1v) is 10.9. The Bertz CT molecular complexity index is 1440. The van der Waals surface area contributed by atoms with E-state index in [4.69, 9.17) is 10.00 Å².